The Morgan fingerprint density at radius 2 is 2.14 bits per heavy atom. The number of aryl methyl sites for hydroxylation is 2. The maximum atomic E-state index is 13.3. The van der Waals surface area contributed by atoms with Gasteiger partial charge in [0.2, 0.25) is 0 Å². The Balaban J connectivity index is 1.91. The molecule has 21 heavy (non-hydrogen) atoms. The van der Waals surface area contributed by atoms with Crippen LogP contribution >= 0.6 is 0 Å². The van der Waals surface area contributed by atoms with E-state index in [4.69, 9.17) is 4.42 Å². The van der Waals surface area contributed by atoms with E-state index in [0.717, 1.165) is 37.1 Å². The van der Waals surface area contributed by atoms with Gasteiger partial charge < -0.3 is 9.73 Å². The Bertz CT molecular complexity index is 578. The van der Waals surface area contributed by atoms with Gasteiger partial charge in [-0.2, -0.15) is 0 Å². The monoisotopic (exact) mass is 290 g/mol. The summed E-state index contributed by atoms with van der Waals surface area (Å²) in [6, 6.07) is 4.70. The number of nitrogens with one attached hydrogen (secondary N) is 1. The van der Waals surface area contributed by atoms with Crippen LogP contribution in [0, 0.1) is 18.7 Å². The van der Waals surface area contributed by atoms with Crippen molar-refractivity contribution in [1.82, 2.24) is 10.3 Å². The minimum Gasteiger partial charge on any atom is -0.441 e. The molecule has 2 aromatic rings. The van der Waals surface area contributed by atoms with E-state index in [-0.39, 0.29) is 5.82 Å². The summed E-state index contributed by atoms with van der Waals surface area (Å²) in [7, 11) is 0. The van der Waals surface area contributed by atoms with Gasteiger partial charge in [0.05, 0.1) is 6.20 Å². The van der Waals surface area contributed by atoms with Crippen LogP contribution in [0.5, 0.6) is 0 Å². The van der Waals surface area contributed by atoms with Crippen LogP contribution < -0.4 is 5.32 Å². The third kappa shape index (κ3) is 4.67. The lowest BCUT2D eigenvalue weighted by Gasteiger charge is -2.05. The summed E-state index contributed by atoms with van der Waals surface area (Å²) < 4.78 is 19.0. The van der Waals surface area contributed by atoms with Crippen LogP contribution in [0.15, 0.2) is 28.8 Å². The molecule has 1 N–H and O–H groups in total. The van der Waals surface area contributed by atoms with Crippen molar-refractivity contribution < 1.29 is 8.81 Å². The highest BCUT2D eigenvalue weighted by Gasteiger charge is 2.09. The summed E-state index contributed by atoms with van der Waals surface area (Å²) in [4.78, 5) is 4.28. The Hall–Kier alpha value is -1.68. The summed E-state index contributed by atoms with van der Waals surface area (Å²) in [6.45, 7) is 8.30. The first kappa shape index (κ1) is 15.7. The SMILES string of the molecule is Cc1ccc(F)cc1-c1cnc(CCCNCC(C)C)o1. The fourth-order valence-electron chi connectivity index (χ4n) is 2.17. The van der Waals surface area contributed by atoms with Gasteiger partial charge >= 0.3 is 0 Å². The lowest BCUT2D eigenvalue weighted by Crippen LogP contribution is -2.21. The van der Waals surface area contributed by atoms with Gasteiger partial charge in [0.25, 0.3) is 0 Å². The van der Waals surface area contributed by atoms with E-state index >= 15 is 0 Å². The minimum atomic E-state index is -0.258. The first-order valence-electron chi connectivity index (χ1n) is 7.48. The van der Waals surface area contributed by atoms with Gasteiger partial charge in [-0.15, -0.1) is 0 Å². The average molecular weight is 290 g/mol. The molecule has 0 saturated carbocycles. The summed E-state index contributed by atoms with van der Waals surface area (Å²) in [5.41, 5.74) is 1.75. The fourth-order valence-corrected chi connectivity index (χ4v) is 2.17. The Morgan fingerprint density at radius 1 is 1.33 bits per heavy atom. The molecule has 0 aliphatic carbocycles. The second kappa shape index (κ2) is 7.36. The molecule has 0 spiro atoms. The average Bonchev–Trinajstić information content (AvgIpc) is 2.89. The van der Waals surface area contributed by atoms with Crippen molar-refractivity contribution in [3.63, 3.8) is 0 Å². The lowest BCUT2D eigenvalue weighted by atomic mass is 10.1. The third-order valence-electron chi connectivity index (χ3n) is 3.32. The van der Waals surface area contributed by atoms with E-state index in [2.05, 4.69) is 24.1 Å². The van der Waals surface area contributed by atoms with Crippen molar-refractivity contribution in [3.05, 3.63) is 41.7 Å². The Labute approximate surface area is 125 Å². The van der Waals surface area contributed by atoms with Crippen LogP contribution in [0.4, 0.5) is 4.39 Å². The zero-order chi connectivity index (χ0) is 15.2. The molecule has 0 aliphatic heterocycles. The highest BCUT2D eigenvalue weighted by molar-refractivity contribution is 5.61. The van der Waals surface area contributed by atoms with Gasteiger partial charge in [0.15, 0.2) is 11.7 Å². The maximum absolute atomic E-state index is 13.3. The molecule has 2 rings (SSSR count). The highest BCUT2D eigenvalue weighted by Crippen LogP contribution is 2.25. The number of hydrogen-bond donors (Lipinski definition) is 1. The van der Waals surface area contributed by atoms with E-state index < -0.39 is 0 Å². The molecule has 114 valence electrons. The van der Waals surface area contributed by atoms with Crippen molar-refractivity contribution in [2.45, 2.75) is 33.6 Å². The lowest BCUT2D eigenvalue weighted by molar-refractivity contribution is 0.483. The van der Waals surface area contributed by atoms with Crippen molar-refractivity contribution in [2.75, 3.05) is 13.1 Å². The van der Waals surface area contributed by atoms with Gasteiger partial charge in [-0.25, -0.2) is 9.37 Å². The van der Waals surface area contributed by atoms with Crippen LogP contribution in [0.2, 0.25) is 0 Å². The first-order valence-corrected chi connectivity index (χ1v) is 7.48. The molecule has 1 aromatic carbocycles. The number of hydrogen-bond acceptors (Lipinski definition) is 3. The topological polar surface area (TPSA) is 38.1 Å². The van der Waals surface area contributed by atoms with Crippen molar-refractivity contribution >= 4 is 0 Å². The molecule has 3 nitrogen and oxygen atoms in total. The number of benzene rings is 1. The van der Waals surface area contributed by atoms with Gasteiger partial charge in [-0.1, -0.05) is 19.9 Å². The third-order valence-corrected chi connectivity index (χ3v) is 3.32. The van der Waals surface area contributed by atoms with E-state index in [1.54, 1.807) is 12.3 Å². The van der Waals surface area contributed by atoms with E-state index in [0.29, 0.717) is 17.6 Å². The molecule has 0 saturated heterocycles. The Kier molecular flexibility index (Phi) is 5.51. The van der Waals surface area contributed by atoms with Crippen LogP contribution in [0.25, 0.3) is 11.3 Å². The molecular formula is C17H23FN2O. The summed E-state index contributed by atoms with van der Waals surface area (Å²) >= 11 is 0. The fraction of sp³-hybridized carbons (Fsp3) is 0.471. The van der Waals surface area contributed by atoms with E-state index in [9.17, 15) is 4.39 Å². The van der Waals surface area contributed by atoms with Crippen LogP contribution in [-0.2, 0) is 6.42 Å². The van der Waals surface area contributed by atoms with E-state index in [1.165, 1.54) is 12.1 Å². The zero-order valence-electron chi connectivity index (χ0n) is 12.9. The zero-order valence-corrected chi connectivity index (χ0v) is 12.9. The number of oxazole rings is 1. The molecule has 0 unspecified atom stereocenters. The second-order valence-corrected chi connectivity index (χ2v) is 5.78. The molecule has 0 amide bonds. The molecular weight excluding hydrogens is 267 g/mol. The molecule has 0 radical (unpaired) electrons. The largest absolute Gasteiger partial charge is 0.441 e. The van der Waals surface area contributed by atoms with Crippen LogP contribution in [-0.4, -0.2) is 18.1 Å². The van der Waals surface area contributed by atoms with Crippen LogP contribution in [0.3, 0.4) is 0 Å². The molecule has 0 bridgehead atoms. The molecule has 0 aliphatic rings. The van der Waals surface area contributed by atoms with Crippen molar-refractivity contribution in [2.24, 2.45) is 5.92 Å². The number of aromatic nitrogens is 1. The van der Waals surface area contributed by atoms with Gasteiger partial charge in [-0.05, 0) is 50.0 Å². The van der Waals surface area contributed by atoms with E-state index in [1.807, 2.05) is 6.92 Å². The number of rotatable bonds is 7. The van der Waals surface area contributed by atoms with Gasteiger partial charge in [0.1, 0.15) is 5.82 Å². The number of halogens is 1. The maximum Gasteiger partial charge on any atom is 0.194 e. The Morgan fingerprint density at radius 3 is 2.90 bits per heavy atom. The predicted octanol–water partition coefficient (Wildman–Crippen LogP) is 3.97. The minimum absolute atomic E-state index is 0.258. The predicted molar refractivity (Wildman–Crippen MR) is 82.7 cm³/mol. The standard InChI is InChI=1S/C17H23FN2O/c1-12(2)10-19-8-4-5-17-20-11-16(21-17)15-9-14(18)7-6-13(15)3/h6-7,9,11-12,19H,4-5,8,10H2,1-3H3. The smallest absolute Gasteiger partial charge is 0.194 e. The number of nitrogens with zero attached hydrogens (tertiary/aromatic N) is 1. The first-order chi connectivity index (χ1) is 10.1. The quantitative estimate of drug-likeness (QED) is 0.784. The normalized spacial score (nSPS) is 11.3. The summed E-state index contributed by atoms with van der Waals surface area (Å²) in [5.74, 6) is 1.75. The van der Waals surface area contributed by atoms with Crippen LogP contribution in [0.1, 0.15) is 31.7 Å². The van der Waals surface area contributed by atoms with Gasteiger partial charge in [-0.3, -0.25) is 0 Å². The summed E-state index contributed by atoms with van der Waals surface area (Å²) in [5, 5.41) is 3.39. The molecule has 1 heterocycles. The van der Waals surface area contributed by atoms with Crippen molar-refractivity contribution in [1.29, 1.82) is 0 Å². The highest BCUT2D eigenvalue weighted by atomic mass is 19.1. The molecule has 0 atom stereocenters. The molecule has 1 aromatic heterocycles. The van der Waals surface area contributed by atoms with Gasteiger partial charge in [0, 0.05) is 12.0 Å². The second-order valence-electron chi connectivity index (χ2n) is 5.78. The molecule has 0 fully saturated rings. The summed E-state index contributed by atoms with van der Waals surface area (Å²) in [6.07, 6.45) is 3.45. The van der Waals surface area contributed by atoms with Crippen molar-refractivity contribution in [3.8, 4) is 11.3 Å². The molecule has 4 heteroatoms.